The van der Waals surface area contributed by atoms with E-state index in [0.717, 1.165) is 24.0 Å². The third kappa shape index (κ3) is 5.31. The van der Waals surface area contributed by atoms with Crippen LogP contribution in [0.3, 0.4) is 0 Å². The van der Waals surface area contributed by atoms with Crippen molar-refractivity contribution < 1.29 is 27.8 Å². The Labute approximate surface area is 174 Å². The lowest BCUT2D eigenvalue weighted by Gasteiger charge is -2.27. The number of nitrogens with zero attached hydrogens (tertiary/aromatic N) is 1. The smallest absolute Gasteiger partial charge is 0.318 e. The maximum absolute atomic E-state index is 12.8. The highest BCUT2D eigenvalue weighted by molar-refractivity contribution is 5.75. The number of urea groups is 1. The van der Waals surface area contributed by atoms with Crippen molar-refractivity contribution in [3.05, 3.63) is 53.6 Å². The number of halogens is 2. The van der Waals surface area contributed by atoms with Gasteiger partial charge in [-0.1, -0.05) is 12.1 Å². The SMILES string of the molecule is COc1ccc(C2CCCN2C(=O)NCc2cccc(OCC(F)F)c2)c(OC)c1. The zero-order valence-electron chi connectivity index (χ0n) is 17.1. The summed E-state index contributed by atoms with van der Waals surface area (Å²) >= 11 is 0. The summed E-state index contributed by atoms with van der Waals surface area (Å²) in [7, 11) is 3.19. The van der Waals surface area contributed by atoms with Crippen LogP contribution in [0.15, 0.2) is 42.5 Å². The molecule has 8 heteroatoms. The molecule has 2 amide bonds. The molecule has 1 atom stereocenters. The van der Waals surface area contributed by atoms with Crippen molar-refractivity contribution in [2.24, 2.45) is 0 Å². The Morgan fingerprint density at radius 3 is 2.73 bits per heavy atom. The fourth-order valence-electron chi connectivity index (χ4n) is 3.61. The summed E-state index contributed by atoms with van der Waals surface area (Å²) < 4.78 is 40.4. The molecular weight excluding hydrogens is 394 g/mol. The van der Waals surface area contributed by atoms with Gasteiger partial charge in [0.1, 0.15) is 23.9 Å². The predicted molar refractivity (Wildman–Crippen MR) is 108 cm³/mol. The Hall–Kier alpha value is -3.03. The molecule has 2 aromatic rings. The van der Waals surface area contributed by atoms with Crippen LogP contribution in [0, 0.1) is 0 Å². The van der Waals surface area contributed by atoms with E-state index in [0.29, 0.717) is 23.8 Å². The number of amides is 2. The molecule has 1 unspecified atom stereocenters. The second-order valence-electron chi connectivity index (χ2n) is 6.97. The van der Waals surface area contributed by atoms with Crippen LogP contribution in [0.25, 0.3) is 0 Å². The average molecular weight is 420 g/mol. The molecule has 0 aliphatic carbocycles. The number of alkyl halides is 2. The molecule has 3 rings (SSSR count). The fraction of sp³-hybridized carbons (Fsp3) is 0.409. The molecule has 0 saturated carbocycles. The minimum absolute atomic E-state index is 0.0911. The highest BCUT2D eigenvalue weighted by Gasteiger charge is 2.32. The Bertz CT molecular complexity index is 863. The largest absolute Gasteiger partial charge is 0.497 e. The van der Waals surface area contributed by atoms with E-state index in [4.69, 9.17) is 14.2 Å². The number of nitrogens with one attached hydrogen (secondary N) is 1. The number of ether oxygens (including phenoxy) is 3. The van der Waals surface area contributed by atoms with E-state index in [-0.39, 0.29) is 18.6 Å². The molecule has 1 saturated heterocycles. The Morgan fingerprint density at radius 2 is 2.00 bits per heavy atom. The van der Waals surface area contributed by atoms with E-state index < -0.39 is 13.0 Å². The van der Waals surface area contributed by atoms with E-state index in [2.05, 4.69) is 5.32 Å². The van der Waals surface area contributed by atoms with Crippen LogP contribution in [-0.2, 0) is 6.54 Å². The highest BCUT2D eigenvalue weighted by Crippen LogP contribution is 2.38. The predicted octanol–water partition coefficient (Wildman–Crippen LogP) is 4.39. The molecule has 1 fully saturated rings. The van der Waals surface area contributed by atoms with Gasteiger partial charge in [0, 0.05) is 24.7 Å². The second kappa shape index (κ2) is 10.1. The maximum Gasteiger partial charge on any atom is 0.318 e. The van der Waals surface area contributed by atoms with Crippen LogP contribution in [0.5, 0.6) is 17.2 Å². The summed E-state index contributed by atoms with van der Waals surface area (Å²) in [5, 5.41) is 2.91. The Balaban J connectivity index is 1.65. The molecule has 0 radical (unpaired) electrons. The van der Waals surface area contributed by atoms with Gasteiger partial charge in [-0.25, -0.2) is 13.6 Å². The first-order chi connectivity index (χ1) is 14.5. The van der Waals surface area contributed by atoms with Gasteiger partial charge >= 0.3 is 6.03 Å². The monoisotopic (exact) mass is 420 g/mol. The van der Waals surface area contributed by atoms with Gasteiger partial charge in [-0.3, -0.25) is 0 Å². The number of carbonyl (C=O) groups excluding carboxylic acids is 1. The molecule has 2 aromatic carbocycles. The summed E-state index contributed by atoms with van der Waals surface area (Å²) in [4.78, 5) is 14.6. The van der Waals surface area contributed by atoms with Crippen molar-refractivity contribution >= 4 is 6.03 Å². The fourth-order valence-corrected chi connectivity index (χ4v) is 3.61. The molecule has 1 N–H and O–H groups in total. The lowest BCUT2D eigenvalue weighted by molar-refractivity contribution is 0.0818. The molecule has 0 bridgehead atoms. The van der Waals surface area contributed by atoms with Crippen molar-refractivity contribution in [2.75, 3.05) is 27.4 Å². The molecule has 1 heterocycles. The molecule has 0 spiro atoms. The van der Waals surface area contributed by atoms with Gasteiger partial charge in [-0.05, 0) is 42.7 Å². The van der Waals surface area contributed by atoms with Crippen molar-refractivity contribution in [3.8, 4) is 17.2 Å². The van der Waals surface area contributed by atoms with Crippen LogP contribution in [0.2, 0.25) is 0 Å². The third-order valence-electron chi connectivity index (χ3n) is 5.03. The normalized spacial score (nSPS) is 15.9. The lowest BCUT2D eigenvalue weighted by atomic mass is 10.0. The third-order valence-corrected chi connectivity index (χ3v) is 5.03. The van der Waals surface area contributed by atoms with E-state index >= 15 is 0 Å². The summed E-state index contributed by atoms with van der Waals surface area (Å²) in [5.41, 5.74) is 1.71. The zero-order chi connectivity index (χ0) is 21.5. The highest BCUT2D eigenvalue weighted by atomic mass is 19.3. The van der Waals surface area contributed by atoms with Crippen molar-refractivity contribution in [1.82, 2.24) is 10.2 Å². The van der Waals surface area contributed by atoms with Gasteiger partial charge in [0.2, 0.25) is 0 Å². The zero-order valence-corrected chi connectivity index (χ0v) is 17.1. The number of hydrogen-bond acceptors (Lipinski definition) is 4. The standard InChI is InChI=1S/C22H26F2N2O4/c1-28-16-8-9-18(20(12-16)29-2)19-7-4-10-26(19)22(27)25-13-15-5-3-6-17(11-15)30-14-21(23)24/h3,5-6,8-9,11-12,19,21H,4,7,10,13-14H2,1-2H3,(H,25,27). The first kappa shape index (κ1) is 21.7. The topological polar surface area (TPSA) is 60.0 Å². The number of likely N-dealkylation sites (tertiary alicyclic amines) is 1. The Morgan fingerprint density at radius 1 is 1.17 bits per heavy atom. The van der Waals surface area contributed by atoms with E-state index in [1.165, 1.54) is 0 Å². The molecule has 30 heavy (non-hydrogen) atoms. The van der Waals surface area contributed by atoms with Crippen LogP contribution in [0.1, 0.15) is 30.0 Å². The van der Waals surface area contributed by atoms with Crippen LogP contribution in [0.4, 0.5) is 13.6 Å². The van der Waals surface area contributed by atoms with Gasteiger partial charge in [-0.15, -0.1) is 0 Å². The van der Waals surface area contributed by atoms with Crippen LogP contribution >= 0.6 is 0 Å². The number of benzene rings is 2. The quantitative estimate of drug-likeness (QED) is 0.688. The summed E-state index contributed by atoms with van der Waals surface area (Å²) in [5.74, 6) is 1.73. The van der Waals surface area contributed by atoms with Crippen LogP contribution < -0.4 is 19.5 Å². The lowest BCUT2D eigenvalue weighted by Crippen LogP contribution is -2.39. The molecule has 1 aliphatic heterocycles. The molecule has 6 nitrogen and oxygen atoms in total. The number of methoxy groups -OCH3 is 2. The summed E-state index contributed by atoms with van der Waals surface area (Å²) in [6.07, 6.45) is -0.799. The number of carbonyl (C=O) groups is 1. The minimum Gasteiger partial charge on any atom is -0.497 e. The van der Waals surface area contributed by atoms with E-state index in [1.807, 2.05) is 24.3 Å². The first-order valence-corrected chi connectivity index (χ1v) is 9.78. The first-order valence-electron chi connectivity index (χ1n) is 9.78. The molecule has 0 aromatic heterocycles. The van der Waals surface area contributed by atoms with Gasteiger partial charge < -0.3 is 24.4 Å². The van der Waals surface area contributed by atoms with Crippen LogP contribution in [-0.4, -0.2) is 44.7 Å². The Kier molecular flexibility index (Phi) is 7.32. The molecule has 162 valence electrons. The summed E-state index contributed by atoms with van der Waals surface area (Å²) in [6.45, 7) is 0.256. The number of hydrogen-bond donors (Lipinski definition) is 1. The van der Waals surface area contributed by atoms with Gasteiger partial charge in [-0.2, -0.15) is 0 Å². The molecular formula is C22H26F2N2O4. The van der Waals surface area contributed by atoms with Gasteiger partial charge in [0.05, 0.1) is 20.3 Å². The molecule has 1 aliphatic rings. The van der Waals surface area contributed by atoms with Crippen molar-refractivity contribution in [3.63, 3.8) is 0 Å². The van der Waals surface area contributed by atoms with Gasteiger partial charge in [0.15, 0.2) is 0 Å². The van der Waals surface area contributed by atoms with Gasteiger partial charge in [0.25, 0.3) is 6.43 Å². The minimum atomic E-state index is -2.53. The second-order valence-corrected chi connectivity index (χ2v) is 6.97. The maximum atomic E-state index is 12.8. The van der Waals surface area contributed by atoms with E-state index in [1.54, 1.807) is 37.3 Å². The summed E-state index contributed by atoms with van der Waals surface area (Å²) in [6, 6.07) is 12.1. The van der Waals surface area contributed by atoms with Crippen molar-refractivity contribution in [2.45, 2.75) is 31.9 Å². The van der Waals surface area contributed by atoms with Crippen molar-refractivity contribution in [1.29, 1.82) is 0 Å². The average Bonchev–Trinajstić information content (AvgIpc) is 3.25. The van der Waals surface area contributed by atoms with E-state index in [9.17, 15) is 13.6 Å². The number of rotatable bonds is 8.